The number of hydrogen-bond donors (Lipinski definition) is 1. The van der Waals surface area contributed by atoms with E-state index in [9.17, 15) is 0 Å². The fourth-order valence-electron chi connectivity index (χ4n) is 3.86. The summed E-state index contributed by atoms with van der Waals surface area (Å²) in [6, 6.07) is 13.7. The van der Waals surface area contributed by atoms with E-state index in [1.165, 1.54) is 0 Å². The van der Waals surface area contributed by atoms with Crippen molar-refractivity contribution in [3.8, 4) is 17.1 Å². The number of hydrogen-bond acceptors (Lipinski definition) is 8. The van der Waals surface area contributed by atoms with E-state index in [-0.39, 0.29) is 18.3 Å². The van der Waals surface area contributed by atoms with Gasteiger partial charge >= 0.3 is 0 Å². The maximum Gasteiger partial charge on any atom is 0.230 e. The molecular formula is C22H23ClN6O2. The summed E-state index contributed by atoms with van der Waals surface area (Å²) >= 11 is 0. The minimum Gasteiger partial charge on any atom is -0.494 e. The van der Waals surface area contributed by atoms with Crippen molar-refractivity contribution in [2.75, 3.05) is 30.8 Å². The molecule has 8 nitrogen and oxygen atoms in total. The van der Waals surface area contributed by atoms with Crippen LogP contribution in [-0.2, 0) is 0 Å². The summed E-state index contributed by atoms with van der Waals surface area (Å²) < 4.78 is 11.0. The lowest BCUT2D eigenvalue weighted by Gasteiger charge is -2.31. The van der Waals surface area contributed by atoms with E-state index in [4.69, 9.17) is 20.0 Å². The highest BCUT2D eigenvalue weighted by atomic mass is 35.5. The zero-order valence-electron chi connectivity index (χ0n) is 17.1. The quantitative estimate of drug-likeness (QED) is 0.508. The number of ether oxygens (including phenoxy) is 1. The van der Waals surface area contributed by atoms with Crippen LogP contribution in [0.25, 0.3) is 22.3 Å². The lowest BCUT2D eigenvalue weighted by molar-refractivity contribution is 0.329. The van der Waals surface area contributed by atoms with Crippen LogP contribution in [0.2, 0.25) is 0 Å². The molecule has 0 atom stereocenters. The minimum atomic E-state index is 0. The number of pyridine rings is 2. The Labute approximate surface area is 185 Å². The van der Waals surface area contributed by atoms with Crippen LogP contribution in [0.4, 0.5) is 11.6 Å². The third kappa shape index (κ3) is 4.11. The molecule has 1 aromatic carbocycles. The molecule has 0 radical (unpaired) electrons. The predicted octanol–water partition coefficient (Wildman–Crippen LogP) is 4.08. The predicted molar refractivity (Wildman–Crippen MR) is 122 cm³/mol. The molecule has 1 fully saturated rings. The van der Waals surface area contributed by atoms with Gasteiger partial charge in [0.15, 0.2) is 0 Å². The van der Waals surface area contributed by atoms with E-state index >= 15 is 0 Å². The third-order valence-corrected chi connectivity index (χ3v) is 5.54. The van der Waals surface area contributed by atoms with Crippen LogP contribution in [0.1, 0.15) is 24.7 Å². The number of fused-ring (bicyclic) bond motifs is 1. The summed E-state index contributed by atoms with van der Waals surface area (Å²) in [4.78, 5) is 15.8. The van der Waals surface area contributed by atoms with Gasteiger partial charge in [0.2, 0.25) is 11.7 Å². The number of nitrogens with zero attached hydrogens (tertiary/aromatic N) is 5. The molecular weight excluding hydrogens is 416 g/mol. The van der Waals surface area contributed by atoms with Gasteiger partial charge in [-0.25, -0.2) is 9.97 Å². The molecule has 0 aliphatic carbocycles. The molecule has 1 aliphatic rings. The lowest BCUT2D eigenvalue weighted by atomic mass is 9.96. The summed E-state index contributed by atoms with van der Waals surface area (Å²) in [5.74, 6) is 3.68. The van der Waals surface area contributed by atoms with Crippen LogP contribution in [0.3, 0.4) is 0 Å². The number of rotatable bonds is 4. The van der Waals surface area contributed by atoms with Gasteiger partial charge in [-0.3, -0.25) is 0 Å². The largest absolute Gasteiger partial charge is 0.494 e. The monoisotopic (exact) mass is 438 g/mol. The number of methoxy groups -OCH3 is 1. The van der Waals surface area contributed by atoms with E-state index in [0.717, 1.165) is 54.0 Å². The number of nitrogens with two attached hydrogens (primary N) is 1. The average molecular weight is 439 g/mol. The first kappa shape index (κ1) is 20.9. The molecule has 31 heavy (non-hydrogen) atoms. The van der Waals surface area contributed by atoms with Crippen LogP contribution in [0.15, 0.2) is 53.2 Å². The zero-order chi connectivity index (χ0) is 20.5. The lowest BCUT2D eigenvalue weighted by Crippen LogP contribution is -2.33. The molecule has 0 unspecified atom stereocenters. The molecule has 0 saturated carbocycles. The Morgan fingerprint density at radius 3 is 2.65 bits per heavy atom. The van der Waals surface area contributed by atoms with Gasteiger partial charge in [-0.2, -0.15) is 4.98 Å². The van der Waals surface area contributed by atoms with Crippen molar-refractivity contribution >= 4 is 34.9 Å². The van der Waals surface area contributed by atoms with Crippen LogP contribution in [0.5, 0.6) is 5.75 Å². The van der Waals surface area contributed by atoms with Gasteiger partial charge in [0, 0.05) is 36.2 Å². The third-order valence-electron chi connectivity index (χ3n) is 5.54. The second-order valence-electron chi connectivity index (χ2n) is 7.39. The van der Waals surface area contributed by atoms with E-state index in [1.807, 2.05) is 24.3 Å². The molecule has 5 rings (SSSR count). The number of piperidine rings is 1. The maximum absolute atomic E-state index is 5.64. The molecule has 4 aromatic rings. The molecule has 0 spiro atoms. The number of nitrogen functional groups attached to an aromatic ring is 1. The molecule has 1 aliphatic heterocycles. The fraction of sp³-hybridized carbons (Fsp3) is 0.273. The Morgan fingerprint density at radius 1 is 1.06 bits per heavy atom. The van der Waals surface area contributed by atoms with Gasteiger partial charge in [-0.1, -0.05) is 17.3 Å². The Morgan fingerprint density at radius 2 is 1.90 bits per heavy atom. The summed E-state index contributed by atoms with van der Waals surface area (Å²) in [6.45, 7) is 1.75. The van der Waals surface area contributed by atoms with E-state index in [2.05, 4.69) is 32.2 Å². The Bertz CT molecular complexity index is 1170. The smallest absolute Gasteiger partial charge is 0.230 e. The Kier molecular flexibility index (Phi) is 5.90. The summed E-state index contributed by atoms with van der Waals surface area (Å²) in [5, 5.41) is 5.19. The van der Waals surface area contributed by atoms with Gasteiger partial charge in [0.05, 0.1) is 7.11 Å². The van der Waals surface area contributed by atoms with Gasteiger partial charge in [0.25, 0.3) is 0 Å². The molecule has 0 bridgehead atoms. The highest BCUT2D eigenvalue weighted by molar-refractivity contribution is 5.86. The molecule has 160 valence electrons. The first-order valence-corrected chi connectivity index (χ1v) is 9.95. The highest BCUT2D eigenvalue weighted by Crippen LogP contribution is 2.32. The fourth-order valence-corrected chi connectivity index (χ4v) is 3.86. The van der Waals surface area contributed by atoms with Crippen molar-refractivity contribution in [1.82, 2.24) is 20.1 Å². The zero-order valence-corrected chi connectivity index (χ0v) is 17.9. The normalized spacial score (nSPS) is 14.4. The van der Waals surface area contributed by atoms with Crippen LogP contribution >= 0.6 is 12.4 Å². The second kappa shape index (κ2) is 8.77. The summed E-state index contributed by atoms with van der Waals surface area (Å²) in [7, 11) is 1.67. The molecule has 3 aromatic heterocycles. The molecule has 9 heteroatoms. The standard InChI is InChI=1S/C22H22N6O2.ClH/c1-29-17-4-2-3-14-6-8-19(25-20(14)17)28-11-9-15(10-12-28)22-26-21(27-30-22)16-5-7-18(23)24-13-16;/h2-8,13,15H,9-12H2,1H3,(H2,23,24);1H. The van der Waals surface area contributed by atoms with Gasteiger partial charge in [0.1, 0.15) is 22.9 Å². The van der Waals surface area contributed by atoms with E-state index < -0.39 is 0 Å². The maximum atomic E-state index is 5.64. The molecule has 1 saturated heterocycles. The van der Waals surface area contributed by atoms with Crippen molar-refractivity contribution < 1.29 is 9.26 Å². The first-order valence-electron chi connectivity index (χ1n) is 9.95. The minimum absolute atomic E-state index is 0. The van der Waals surface area contributed by atoms with Crippen molar-refractivity contribution in [3.63, 3.8) is 0 Å². The van der Waals surface area contributed by atoms with E-state index in [0.29, 0.717) is 17.5 Å². The number of para-hydroxylation sites is 1. The first-order chi connectivity index (χ1) is 14.7. The van der Waals surface area contributed by atoms with Crippen molar-refractivity contribution in [1.29, 1.82) is 0 Å². The summed E-state index contributed by atoms with van der Waals surface area (Å²) in [6.07, 6.45) is 3.51. The van der Waals surface area contributed by atoms with Crippen LogP contribution in [-0.4, -0.2) is 40.3 Å². The molecule has 2 N–H and O–H groups in total. The van der Waals surface area contributed by atoms with Crippen molar-refractivity contribution in [2.24, 2.45) is 0 Å². The van der Waals surface area contributed by atoms with Crippen LogP contribution in [0, 0.1) is 0 Å². The highest BCUT2D eigenvalue weighted by Gasteiger charge is 2.26. The average Bonchev–Trinajstić information content (AvgIpc) is 3.29. The molecule has 4 heterocycles. The number of benzene rings is 1. The van der Waals surface area contributed by atoms with Gasteiger partial charge in [-0.15, -0.1) is 12.4 Å². The Hall–Kier alpha value is -3.39. The Balaban J connectivity index is 0.00000231. The SMILES string of the molecule is COc1cccc2ccc(N3CCC(c4nc(-c5ccc(N)nc5)no4)CC3)nc12.Cl. The van der Waals surface area contributed by atoms with Crippen molar-refractivity contribution in [3.05, 3.63) is 54.6 Å². The number of anilines is 2. The number of aromatic nitrogens is 4. The molecule has 0 amide bonds. The van der Waals surface area contributed by atoms with Gasteiger partial charge < -0.3 is 19.9 Å². The summed E-state index contributed by atoms with van der Waals surface area (Å²) in [5.41, 5.74) is 7.33. The van der Waals surface area contributed by atoms with Crippen molar-refractivity contribution in [2.45, 2.75) is 18.8 Å². The topological polar surface area (TPSA) is 103 Å². The number of halogens is 1. The second-order valence-corrected chi connectivity index (χ2v) is 7.39. The van der Waals surface area contributed by atoms with Gasteiger partial charge in [-0.05, 0) is 43.2 Å². The van der Waals surface area contributed by atoms with Crippen LogP contribution < -0.4 is 15.4 Å². The van der Waals surface area contributed by atoms with E-state index in [1.54, 1.807) is 19.4 Å².